The van der Waals surface area contributed by atoms with Crippen LogP contribution in [0.15, 0.2) is 18.2 Å². The van der Waals surface area contributed by atoms with E-state index in [1.165, 1.54) is 58.1 Å². The second-order valence-corrected chi connectivity index (χ2v) is 8.97. The van der Waals surface area contributed by atoms with Gasteiger partial charge >= 0.3 is 0 Å². The van der Waals surface area contributed by atoms with E-state index in [0.717, 1.165) is 26.2 Å². The third-order valence-electron chi connectivity index (χ3n) is 6.72. The fraction of sp³-hybridized carbons (Fsp3) is 0.625. The van der Waals surface area contributed by atoms with E-state index < -0.39 is 5.82 Å². The molecule has 2 heterocycles. The van der Waals surface area contributed by atoms with Gasteiger partial charge in [0, 0.05) is 30.9 Å². The lowest BCUT2D eigenvalue weighted by Crippen LogP contribution is -2.35. The summed E-state index contributed by atoms with van der Waals surface area (Å²) in [6, 6.07) is 5.19. The summed E-state index contributed by atoms with van der Waals surface area (Å²) < 4.78 is 19.2. The Kier molecular flexibility index (Phi) is 8.15. The van der Waals surface area contributed by atoms with Crippen molar-refractivity contribution < 1.29 is 9.13 Å². The third-order valence-corrected chi connectivity index (χ3v) is 6.72. The molecule has 8 nitrogen and oxygen atoms in total. The largest absolute Gasteiger partial charge is 0.494 e. The Balaban J connectivity index is 1.48. The van der Waals surface area contributed by atoms with Gasteiger partial charge in [-0.05, 0) is 56.8 Å². The van der Waals surface area contributed by atoms with Crippen LogP contribution >= 0.6 is 0 Å². The van der Waals surface area contributed by atoms with Gasteiger partial charge in [-0.1, -0.05) is 26.2 Å². The van der Waals surface area contributed by atoms with Crippen molar-refractivity contribution in [3.63, 3.8) is 0 Å². The molecule has 33 heavy (non-hydrogen) atoms. The second kappa shape index (κ2) is 11.4. The van der Waals surface area contributed by atoms with Gasteiger partial charge in [0.25, 0.3) is 0 Å². The van der Waals surface area contributed by atoms with Gasteiger partial charge < -0.3 is 20.7 Å². The lowest BCUT2D eigenvalue weighted by Gasteiger charge is -2.23. The van der Waals surface area contributed by atoms with Gasteiger partial charge in [0.05, 0.1) is 7.11 Å². The highest BCUT2D eigenvalue weighted by Gasteiger charge is 2.23. The number of likely N-dealkylation sites (N-methyl/N-ethyl adjacent to an activating group) is 1. The number of hydrogen-bond donors (Lipinski definition) is 3. The topological polar surface area (TPSA) is 87.2 Å². The van der Waals surface area contributed by atoms with E-state index in [4.69, 9.17) is 4.74 Å². The SMILES string of the molecule is CCN1CCC[C@@H]1CNc1nc(NCC2CCCCC2)nc(Nc2ccc(OC)c(F)c2)n1. The molecule has 4 rings (SSSR count). The maximum atomic E-state index is 14.2. The Labute approximate surface area is 195 Å². The molecule has 2 aromatic rings. The van der Waals surface area contributed by atoms with E-state index in [1.807, 2.05) is 0 Å². The molecule has 9 heteroatoms. The van der Waals surface area contributed by atoms with Crippen molar-refractivity contribution in [2.45, 2.75) is 57.9 Å². The van der Waals surface area contributed by atoms with Gasteiger partial charge in [0.15, 0.2) is 11.6 Å². The summed E-state index contributed by atoms with van der Waals surface area (Å²) in [6.07, 6.45) is 8.81. The first kappa shape index (κ1) is 23.5. The van der Waals surface area contributed by atoms with Crippen LogP contribution in [-0.4, -0.2) is 59.2 Å². The Bertz CT molecular complexity index is 906. The molecule has 0 radical (unpaired) electrons. The van der Waals surface area contributed by atoms with Crippen LogP contribution in [0.25, 0.3) is 0 Å². The van der Waals surface area contributed by atoms with Crippen molar-refractivity contribution in [1.29, 1.82) is 0 Å². The first-order valence-corrected chi connectivity index (χ1v) is 12.2. The number of aromatic nitrogens is 3. The highest BCUT2D eigenvalue weighted by atomic mass is 19.1. The summed E-state index contributed by atoms with van der Waals surface area (Å²) in [5.41, 5.74) is 0.552. The predicted molar refractivity (Wildman–Crippen MR) is 130 cm³/mol. The van der Waals surface area contributed by atoms with Gasteiger partial charge in [-0.2, -0.15) is 15.0 Å². The molecule has 0 amide bonds. The molecule has 1 atom stereocenters. The molecular weight excluding hydrogens is 421 g/mol. The summed E-state index contributed by atoms with van der Waals surface area (Å²) in [7, 11) is 1.45. The molecule has 2 fully saturated rings. The van der Waals surface area contributed by atoms with Crippen molar-refractivity contribution in [3.8, 4) is 5.75 Å². The normalized spacial score (nSPS) is 19.4. The molecule has 0 unspecified atom stereocenters. The van der Waals surface area contributed by atoms with E-state index in [1.54, 1.807) is 12.1 Å². The van der Waals surface area contributed by atoms with Gasteiger partial charge in [-0.3, -0.25) is 4.90 Å². The molecule has 3 N–H and O–H groups in total. The highest BCUT2D eigenvalue weighted by Crippen LogP contribution is 2.25. The molecular formula is C24H36FN7O. The summed E-state index contributed by atoms with van der Waals surface area (Å²) in [5, 5.41) is 9.93. The maximum absolute atomic E-state index is 14.2. The highest BCUT2D eigenvalue weighted by molar-refractivity contribution is 5.57. The predicted octanol–water partition coefficient (Wildman–Crippen LogP) is 4.65. The third kappa shape index (κ3) is 6.43. The lowest BCUT2D eigenvalue weighted by atomic mass is 9.89. The van der Waals surface area contributed by atoms with Crippen molar-refractivity contribution in [3.05, 3.63) is 24.0 Å². The average Bonchev–Trinajstić information content (AvgIpc) is 3.30. The van der Waals surface area contributed by atoms with Crippen LogP contribution in [-0.2, 0) is 0 Å². The average molecular weight is 458 g/mol. The molecule has 1 aliphatic heterocycles. The van der Waals surface area contributed by atoms with E-state index in [-0.39, 0.29) is 5.75 Å². The molecule has 0 spiro atoms. The molecule has 180 valence electrons. The van der Waals surface area contributed by atoms with Crippen LogP contribution in [0.2, 0.25) is 0 Å². The molecule has 2 aliphatic rings. The second-order valence-electron chi connectivity index (χ2n) is 8.97. The van der Waals surface area contributed by atoms with Crippen molar-refractivity contribution in [2.24, 2.45) is 5.92 Å². The smallest absolute Gasteiger partial charge is 0.233 e. The van der Waals surface area contributed by atoms with E-state index in [2.05, 4.69) is 42.7 Å². The number of benzene rings is 1. The zero-order valence-electron chi connectivity index (χ0n) is 19.7. The van der Waals surface area contributed by atoms with Crippen molar-refractivity contribution >= 4 is 23.5 Å². The summed E-state index contributed by atoms with van der Waals surface area (Å²) in [4.78, 5) is 16.2. The van der Waals surface area contributed by atoms with Crippen LogP contribution in [0, 0.1) is 11.7 Å². The minimum Gasteiger partial charge on any atom is -0.494 e. The fourth-order valence-corrected chi connectivity index (χ4v) is 4.84. The standard InChI is InChI=1S/C24H36FN7O/c1-3-32-13-7-10-19(32)16-27-23-29-22(26-15-17-8-5-4-6-9-17)30-24(31-23)28-18-11-12-21(33-2)20(25)14-18/h11-12,14,17,19H,3-10,13,15-16H2,1-2H3,(H3,26,27,28,29,30,31)/t19-/m1/s1. The summed E-state index contributed by atoms with van der Waals surface area (Å²) in [6.45, 7) is 6.03. The zero-order valence-corrected chi connectivity index (χ0v) is 19.7. The van der Waals surface area contributed by atoms with Gasteiger partial charge in [0.1, 0.15) is 0 Å². The number of anilines is 4. The molecule has 1 saturated carbocycles. The van der Waals surface area contributed by atoms with Crippen LogP contribution < -0.4 is 20.7 Å². The number of nitrogens with one attached hydrogen (secondary N) is 3. The summed E-state index contributed by atoms with van der Waals surface area (Å²) >= 11 is 0. The zero-order chi connectivity index (χ0) is 23.0. The maximum Gasteiger partial charge on any atom is 0.233 e. The first-order chi connectivity index (χ1) is 16.1. The monoisotopic (exact) mass is 457 g/mol. The van der Waals surface area contributed by atoms with Crippen molar-refractivity contribution in [2.75, 3.05) is 49.2 Å². The molecule has 1 aliphatic carbocycles. The minimum atomic E-state index is -0.438. The Morgan fingerprint density at radius 1 is 0.970 bits per heavy atom. The fourth-order valence-electron chi connectivity index (χ4n) is 4.84. The van der Waals surface area contributed by atoms with Crippen LogP contribution in [0.4, 0.5) is 27.9 Å². The molecule has 1 aromatic heterocycles. The number of nitrogens with zero attached hydrogens (tertiary/aromatic N) is 4. The minimum absolute atomic E-state index is 0.199. The van der Waals surface area contributed by atoms with E-state index >= 15 is 0 Å². The Morgan fingerprint density at radius 2 is 1.70 bits per heavy atom. The summed E-state index contributed by atoms with van der Waals surface area (Å²) in [5.74, 6) is 1.85. The van der Waals surface area contributed by atoms with Crippen molar-refractivity contribution in [1.82, 2.24) is 19.9 Å². The Morgan fingerprint density at radius 3 is 2.39 bits per heavy atom. The number of methoxy groups -OCH3 is 1. The van der Waals surface area contributed by atoms with E-state index in [9.17, 15) is 4.39 Å². The van der Waals surface area contributed by atoms with Crippen LogP contribution in [0.3, 0.4) is 0 Å². The number of hydrogen-bond acceptors (Lipinski definition) is 8. The number of ether oxygens (including phenoxy) is 1. The van der Waals surface area contributed by atoms with Gasteiger partial charge in [-0.15, -0.1) is 0 Å². The number of halogens is 1. The van der Waals surface area contributed by atoms with E-state index in [0.29, 0.717) is 35.5 Å². The van der Waals surface area contributed by atoms with Crippen LogP contribution in [0.1, 0.15) is 51.9 Å². The first-order valence-electron chi connectivity index (χ1n) is 12.2. The molecule has 0 bridgehead atoms. The quantitative estimate of drug-likeness (QED) is 0.475. The number of likely N-dealkylation sites (tertiary alicyclic amines) is 1. The molecule has 1 aromatic carbocycles. The van der Waals surface area contributed by atoms with Gasteiger partial charge in [-0.25, -0.2) is 4.39 Å². The van der Waals surface area contributed by atoms with Gasteiger partial charge in [0.2, 0.25) is 17.8 Å². The lowest BCUT2D eigenvalue weighted by molar-refractivity contribution is 0.277. The van der Waals surface area contributed by atoms with Crippen LogP contribution in [0.5, 0.6) is 5.75 Å². The number of rotatable bonds is 10. The Hall–Kier alpha value is -2.68. The molecule has 1 saturated heterocycles.